The summed E-state index contributed by atoms with van der Waals surface area (Å²) in [4.78, 5) is 21.9. The van der Waals surface area contributed by atoms with Crippen molar-refractivity contribution in [1.82, 2.24) is 0 Å². The molecule has 0 heterocycles. The number of carbonyl (C=O) groups excluding carboxylic acids is 1. The summed E-state index contributed by atoms with van der Waals surface area (Å²) in [6.45, 7) is 0. The summed E-state index contributed by atoms with van der Waals surface area (Å²) in [5.74, 6) is -0.558. The van der Waals surface area contributed by atoms with Crippen LogP contribution >= 0.6 is 11.6 Å². The minimum atomic E-state index is -0.703. The number of ether oxygens (including phenoxy) is 1. The second-order valence-corrected chi connectivity index (χ2v) is 4.74. The Morgan fingerprint density at radius 3 is 2.74 bits per heavy atom. The van der Waals surface area contributed by atoms with Crippen molar-refractivity contribution in [2.24, 2.45) is 0 Å². The average molecular weight is 329 g/mol. The quantitative estimate of drug-likeness (QED) is 0.280. The number of hydrogen-bond acceptors (Lipinski definition) is 5. The van der Waals surface area contributed by atoms with Crippen LogP contribution in [-0.4, -0.2) is 10.9 Å². The number of nitro benzene ring substituents is 1. The second-order valence-electron chi connectivity index (χ2n) is 4.33. The van der Waals surface area contributed by atoms with E-state index in [9.17, 15) is 14.9 Å². The maximum atomic E-state index is 11.8. The van der Waals surface area contributed by atoms with E-state index in [1.165, 1.54) is 36.4 Å². The zero-order valence-corrected chi connectivity index (χ0v) is 12.4. The summed E-state index contributed by atoms with van der Waals surface area (Å²) < 4.78 is 5.05. The van der Waals surface area contributed by atoms with Crippen molar-refractivity contribution < 1.29 is 14.5 Å². The lowest BCUT2D eigenvalue weighted by molar-refractivity contribution is -0.384. The van der Waals surface area contributed by atoms with Crippen molar-refractivity contribution in [1.29, 1.82) is 5.26 Å². The molecule has 2 rings (SSSR count). The van der Waals surface area contributed by atoms with Gasteiger partial charge in [0.2, 0.25) is 0 Å². The summed E-state index contributed by atoms with van der Waals surface area (Å²) in [5, 5.41) is 19.7. The van der Waals surface area contributed by atoms with Crippen LogP contribution in [0.5, 0.6) is 5.75 Å². The molecule has 0 radical (unpaired) electrons. The van der Waals surface area contributed by atoms with Gasteiger partial charge in [-0.1, -0.05) is 29.8 Å². The van der Waals surface area contributed by atoms with Gasteiger partial charge in [-0.3, -0.25) is 10.1 Å². The third-order valence-corrected chi connectivity index (χ3v) is 3.12. The zero-order chi connectivity index (χ0) is 16.8. The van der Waals surface area contributed by atoms with Crippen LogP contribution in [-0.2, 0) is 4.79 Å². The normalized spacial score (nSPS) is 10.3. The lowest BCUT2D eigenvalue weighted by Crippen LogP contribution is -2.04. The molecule has 0 atom stereocenters. The molecule has 114 valence electrons. The molecule has 0 aliphatic heterocycles. The van der Waals surface area contributed by atoms with Gasteiger partial charge in [0.25, 0.3) is 5.69 Å². The van der Waals surface area contributed by atoms with Gasteiger partial charge in [0.1, 0.15) is 16.8 Å². The zero-order valence-electron chi connectivity index (χ0n) is 11.6. The van der Waals surface area contributed by atoms with Crippen LogP contribution in [0.15, 0.2) is 48.5 Å². The Morgan fingerprint density at radius 2 is 2.04 bits per heavy atom. The van der Waals surface area contributed by atoms with E-state index in [-0.39, 0.29) is 22.0 Å². The van der Waals surface area contributed by atoms with Gasteiger partial charge in [-0.2, -0.15) is 5.26 Å². The van der Waals surface area contributed by atoms with Crippen molar-refractivity contribution in [3.8, 4) is 11.8 Å². The monoisotopic (exact) mass is 328 g/mol. The molecule has 0 aliphatic rings. The molecule has 6 nitrogen and oxygen atoms in total. The molecule has 0 aliphatic carbocycles. The fourth-order valence-corrected chi connectivity index (χ4v) is 1.91. The summed E-state index contributed by atoms with van der Waals surface area (Å²) in [6, 6.07) is 12.4. The van der Waals surface area contributed by atoms with Crippen LogP contribution in [0.3, 0.4) is 0 Å². The van der Waals surface area contributed by atoms with Gasteiger partial charge >= 0.3 is 5.97 Å². The Balaban J connectivity index is 2.14. The third kappa shape index (κ3) is 4.15. The lowest BCUT2D eigenvalue weighted by atomic mass is 10.2. The molecule has 2 aromatic rings. The highest BCUT2D eigenvalue weighted by Gasteiger charge is 2.12. The van der Waals surface area contributed by atoms with Gasteiger partial charge in [0.15, 0.2) is 0 Å². The van der Waals surface area contributed by atoms with Gasteiger partial charge in [-0.15, -0.1) is 0 Å². The van der Waals surface area contributed by atoms with Gasteiger partial charge < -0.3 is 4.74 Å². The Morgan fingerprint density at radius 1 is 1.30 bits per heavy atom. The number of carbonyl (C=O) groups is 1. The topological polar surface area (TPSA) is 93.2 Å². The van der Waals surface area contributed by atoms with Gasteiger partial charge in [-0.25, -0.2) is 4.79 Å². The van der Waals surface area contributed by atoms with Crippen molar-refractivity contribution in [3.05, 3.63) is 74.8 Å². The van der Waals surface area contributed by atoms with Crippen LogP contribution in [0.25, 0.3) is 6.08 Å². The number of hydrogen-bond donors (Lipinski definition) is 0. The summed E-state index contributed by atoms with van der Waals surface area (Å²) in [5.41, 5.74) is 0.403. The van der Waals surface area contributed by atoms with Crippen molar-refractivity contribution in [3.63, 3.8) is 0 Å². The first-order valence-electron chi connectivity index (χ1n) is 6.34. The first-order chi connectivity index (χ1) is 11.0. The smallest absolute Gasteiger partial charge is 0.336 e. The Kier molecular flexibility index (Phi) is 5.07. The van der Waals surface area contributed by atoms with E-state index in [1.54, 1.807) is 12.1 Å². The predicted octanol–water partition coefficient (Wildman–Crippen LogP) is 3.74. The first kappa shape index (κ1) is 16.2. The number of nitro groups is 1. The molecular formula is C16H9ClN2O4. The summed E-state index contributed by atoms with van der Waals surface area (Å²) >= 11 is 5.71. The standard InChI is InChI=1S/C16H9ClN2O4/c17-13-7-5-11(9-14(13)19(21)22)6-8-16(20)23-15-4-2-1-3-12(15)10-18/h1-9H. The number of halogens is 1. The Hall–Kier alpha value is -3.17. The predicted molar refractivity (Wildman–Crippen MR) is 83.9 cm³/mol. The number of esters is 1. The fraction of sp³-hybridized carbons (Fsp3) is 0. The number of nitriles is 1. The Bertz CT molecular complexity index is 840. The van der Waals surface area contributed by atoms with Crippen molar-refractivity contribution in [2.45, 2.75) is 0 Å². The number of rotatable bonds is 4. The highest BCUT2D eigenvalue weighted by atomic mass is 35.5. The molecule has 0 fully saturated rings. The van der Waals surface area contributed by atoms with Crippen LogP contribution in [0.2, 0.25) is 5.02 Å². The molecule has 2 aromatic carbocycles. The minimum absolute atomic E-state index is 0.0117. The molecule has 0 saturated heterocycles. The largest absolute Gasteiger partial charge is 0.422 e. The molecule has 0 bridgehead atoms. The van der Waals surface area contributed by atoms with Crippen molar-refractivity contribution in [2.75, 3.05) is 0 Å². The van der Waals surface area contributed by atoms with Crippen LogP contribution < -0.4 is 4.74 Å². The maximum Gasteiger partial charge on any atom is 0.336 e. The number of nitrogens with zero attached hydrogens (tertiary/aromatic N) is 2. The molecule has 7 heteroatoms. The summed E-state index contributed by atoms with van der Waals surface area (Å²) in [6.07, 6.45) is 2.47. The van der Waals surface area contributed by atoms with Gasteiger partial charge in [0, 0.05) is 12.1 Å². The van der Waals surface area contributed by atoms with Crippen LogP contribution in [0.4, 0.5) is 5.69 Å². The fourth-order valence-electron chi connectivity index (χ4n) is 1.73. The minimum Gasteiger partial charge on any atom is -0.422 e. The van der Waals surface area contributed by atoms with Crippen LogP contribution in [0.1, 0.15) is 11.1 Å². The molecule has 0 unspecified atom stereocenters. The Labute approximate surface area is 136 Å². The highest BCUT2D eigenvalue weighted by molar-refractivity contribution is 6.32. The van der Waals surface area contributed by atoms with E-state index in [4.69, 9.17) is 21.6 Å². The van der Waals surface area contributed by atoms with Gasteiger partial charge in [0.05, 0.1) is 10.5 Å². The molecule has 23 heavy (non-hydrogen) atoms. The van der Waals surface area contributed by atoms with E-state index in [1.807, 2.05) is 6.07 Å². The number of benzene rings is 2. The maximum absolute atomic E-state index is 11.8. The third-order valence-electron chi connectivity index (χ3n) is 2.80. The average Bonchev–Trinajstić information content (AvgIpc) is 2.54. The molecular weight excluding hydrogens is 320 g/mol. The SMILES string of the molecule is N#Cc1ccccc1OC(=O)C=Cc1ccc(Cl)c([N+](=O)[O-])c1. The van der Waals surface area contributed by atoms with E-state index >= 15 is 0 Å². The molecule has 0 spiro atoms. The molecule has 0 N–H and O–H groups in total. The van der Waals surface area contributed by atoms with E-state index < -0.39 is 10.9 Å². The van der Waals surface area contributed by atoms with E-state index in [2.05, 4.69) is 0 Å². The lowest BCUT2D eigenvalue weighted by Gasteiger charge is -2.02. The summed E-state index contributed by atoms with van der Waals surface area (Å²) in [7, 11) is 0. The van der Waals surface area contributed by atoms with E-state index in [0.29, 0.717) is 5.56 Å². The molecule has 0 amide bonds. The van der Waals surface area contributed by atoms with Gasteiger partial charge in [-0.05, 0) is 29.8 Å². The first-order valence-corrected chi connectivity index (χ1v) is 6.72. The second kappa shape index (κ2) is 7.20. The molecule has 0 aromatic heterocycles. The van der Waals surface area contributed by atoms with Crippen molar-refractivity contribution >= 4 is 29.3 Å². The number of para-hydroxylation sites is 1. The van der Waals surface area contributed by atoms with E-state index in [0.717, 1.165) is 6.08 Å². The highest BCUT2D eigenvalue weighted by Crippen LogP contribution is 2.25. The van der Waals surface area contributed by atoms with Crippen LogP contribution in [0, 0.1) is 21.4 Å². The molecule has 0 saturated carbocycles.